The molecular weight excluding hydrogens is 671 g/mol. The van der Waals surface area contributed by atoms with Gasteiger partial charge in [0, 0.05) is 36.7 Å². The molecule has 6 N–H and O–H groups in total. The fraction of sp³-hybridized carbons (Fsp3) is 0.194. The molecule has 0 fully saturated rings. The van der Waals surface area contributed by atoms with Gasteiger partial charge in [0.1, 0.15) is 5.75 Å². The van der Waals surface area contributed by atoms with Gasteiger partial charge in [-0.25, -0.2) is 9.59 Å². The zero-order chi connectivity index (χ0) is 32.9. The van der Waals surface area contributed by atoms with E-state index in [0.717, 1.165) is 41.5 Å². The molecule has 0 aliphatic heterocycles. The van der Waals surface area contributed by atoms with Crippen molar-refractivity contribution in [1.29, 1.82) is 0 Å². The standard InChI is InChI=1S/C36H34N4O7.2ClH/c41-30-15-11-25(26-12-16-33(43)39-34(26)30)31(42)21-37-20-23-10-14-29-32(19-23)47-36(46)40(29)17-5-4-6-22-9-13-28(38-35(44)45)27(18-22)24-7-2-1-3-8-24;;/h1-3,7-16,18-19,31,37-38,41-42H,4-6,17,20-21H2,(H,39,43)(H,44,45);2*1H. The van der Waals surface area contributed by atoms with E-state index >= 15 is 0 Å². The lowest BCUT2D eigenvalue weighted by Crippen LogP contribution is -2.21. The maximum absolute atomic E-state index is 12.7. The van der Waals surface area contributed by atoms with Gasteiger partial charge in [-0.3, -0.25) is 14.7 Å². The number of benzene rings is 4. The number of phenolic OH excluding ortho intramolecular Hbond substituents is 1. The molecule has 0 radical (unpaired) electrons. The number of rotatable bonds is 12. The summed E-state index contributed by atoms with van der Waals surface area (Å²) in [5, 5.41) is 36.4. The molecule has 1 atom stereocenters. The summed E-state index contributed by atoms with van der Waals surface area (Å²) < 4.78 is 7.18. The molecule has 1 amide bonds. The van der Waals surface area contributed by atoms with Crippen molar-refractivity contribution in [3.8, 4) is 16.9 Å². The van der Waals surface area contributed by atoms with Gasteiger partial charge < -0.3 is 30.0 Å². The number of aromatic nitrogens is 2. The number of aromatic amines is 1. The van der Waals surface area contributed by atoms with Crippen LogP contribution in [0.25, 0.3) is 33.1 Å². The number of pyridine rings is 1. The zero-order valence-electron chi connectivity index (χ0n) is 26.2. The number of H-pyrrole nitrogens is 1. The fourth-order valence-electron chi connectivity index (χ4n) is 5.87. The van der Waals surface area contributed by atoms with Crippen molar-refractivity contribution >= 4 is 58.6 Å². The Bertz CT molecular complexity index is 2180. The summed E-state index contributed by atoms with van der Waals surface area (Å²) in [5.74, 6) is -0.490. The number of aromatic hydroxyl groups is 1. The Morgan fingerprint density at radius 3 is 2.45 bits per heavy atom. The maximum atomic E-state index is 12.7. The first-order chi connectivity index (χ1) is 22.8. The average molecular weight is 708 g/mol. The Hall–Kier alpha value is -5.07. The second kappa shape index (κ2) is 16.4. The topological polar surface area (TPSA) is 170 Å². The number of halogens is 2. The number of fused-ring (bicyclic) bond motifs is 2. The lowest BCUT2D eigenvalue weighted by molar-refractivity contribution is 0.176. The van der Waals surface area contributed by atoms with Gasteiger partial charge in [-0.1, -0.05) is 48.5 Å². The van der Waals surface area contributed by atoms with E-state index in [1.165, 1.54) is 12.1 Å². The summed E-state index contributed by atoms with van der Waals surface area (Å²) in [6.07, 6.45) is 0.309. The van der Waals surface area contributed by atoms with E-state index in [9.17, 15) is 29.7 Å². The Morgan fingerprint density at radius 1 is 0.898 bits per heavy atom. The first-order valence-corrected chi connectivity index (χ1v) is 15.3. The Balaban J connectivity index is 0.00000270. The molecule has 2 aromatic heterocycles. The van der Waals surface area contributed by atoms with Gasteiger partial charge in [-0.2, -0.15) is 0 Å². The largest absolute Gasteiger partial charge is 0.506 e. The highest BCUT2D eigenvalue weighted by atomic mass is 35.5. The van der Waals surface area contributed by atoms with E-state index in [4.69, 9.17) is 4.42 Å². The second-order valence-corrected chi connectivity index (χ2v) is 11.4. The number of nitrogens with zero attached hydrogens (tertiary/aromatic N) is 1. The first kappa shape index (κ1) is 36.8. The molecule has 6 rings (SSSR count). The fourth-order valence-corrected chi connectivity index (χ4v) is 5.87. The number of aliphatic hydroxyl groups is 1. The van der Waals surface area contributed by atoms with Crippen LogP contribution in [0.5, 0.6) is 5.75 Å². The van der Waals surface area contributed by atoms with Crippen LogP contribution < -0.4 is 21.9 Å². The van der Waals surface area contributed by atoms with E-state index < -0.39 is 18.0 Å². The molecule has 0 spiro atoms. The van der Waals surface area contributed by atoms with Crippen molar-refractivity contribution in [1.82, 2.24) is 14.9 Å². The number of nitrogens with one attached hydrogen (secondary N) is 3. The van der Waals surface area contributed by atoms with E-state index in [1.807, 2.05) is 60.7 Å². The summed E-state index contributed by atoms with van der Waals surface area (Å²) in [5.41, 5.74) is 5.91. The molecule has 13 heteroatoms. The van der Waals surface area contributed by atoms with E-state index in [0.29, 0.717) is 40.8 Å². The summed E-state index contributed by atoms with van der Waals surface area (Å²) >= 11 is 0. The molecule has 0 saturated carbocycles. The number of hydrogen-bond donors (Lipinski definition) is 6. The predicted molar refractivity (Wildman–Crippen MR) is 194 cm³/mol. The van der Waals surface area contributed by atoms with Crippen LogP contribution in [-0.4, -0.2) is 37.5 Å². The number of carboxylic acid groups (broad SMARTS) is 1. The highest BCUT2D eigenvalue weighted by Crippen LogP contribution is 2.30. The molecule has 6 aromatic rings. The van der Waals surface area contributed by atoms with Gasteiger partial charge in [-0.15, -0.1) is 24.8 Å². The molecular formula is C36H36Cl2N4O7. The van der Waals surface area contributed by atoms with Crippen molar-refractivity contribution in [2.45, 2.75) is 38.5 Å². The lowest BCUT2D eigenvalue weighted by atomic mass is 9.98. The maximum Gasteiger partial charge on any atom is 0.419 e. The van der Waals surface area contributed by atoms with Crippen LogP contribution in [0.2, 0.25) is 0 Å². The van der Waals surface area contributed by atoms with Crippen molar-refractivity contribution in [3.05, 3.63) is 129 Å². The summed E-state index contributed by atoms with van der Waals surface area (Å²) in [7, 11) is 0. The van der Waals surface area contributed by atoms with Gasteiger partial charge in [0.15, 0.2) is 5.58 Å². The molecule has 4 aromatic carbocycles. The minimum atomic E-state index is -1.12. The lowest BCUT2D eigenvalue weighted by Gasteiger charge is -2.15. The summed E-state index contributed by atoms with van der Waals surface area (Å²) in [6, 6.07) is 26.9. The minimum Gasteiger partial charge on any atom is -0.506 e. The third-order valence-corrected chi connectivity index (χ3v) is 8.17. The summed E-state index contributed by atoms with van der Waals surface area (Å²) in [6.45, 7) is 1.12. The van der Waals surface area contributed by atoms with Crippen molar-refractivity contribution < 1.29 is 24.5 Å². The Labute approximate surface area is 293 Å². The SMILES string of the molecule is Cl.Cl.O=C(O)Nc1ccc(CCCCn2c(=O)oc3cc(CNCC(O)c4ccc(O)c5[nH]c(=O)ccc45)ccc32)cc1-c1ccccc1. The van der Waals surface area contributed by atoms with E-state index in [2.05, 4.69) is 15.6 Å². The molecule has 0 bridgehead atoms. The number of hydrogen-bond acceptors (Lipinski definition) is 7. The molecule has 0 aliphatic rings. The molecule has 49 heavy (non-hydrogen) atoms. The molecule has 256 valence electrons. The molecule has 2 heterocycles. The second-order valence-electron chi connectivity index (χ2n) is 11.4. The van der Waals surface area contributed by atoms with Gasteiger partial charge in [-0.05, 0) is 77.9 Å². The van der Waals surface area contributed by atoms with Crippen molar-refractivity contribution in [3.63, 3.8) is 0 Å². The van der Waals surface area contributed by atoms with Gasteiger partial charge >= 0.3 is 11.8 Å². The van der Waals surface area contributed by atoms with Crippen LogP contribution >= 0.6 is 24.8 Å². The number of amides is 1. The van der Waals surface area contributed by atoms with Crippen LogP contribution in [0.1, 0.15) is 35.6 Å². The third-order valence-electron chi connectivity index (χ3n) is 8.17. The normalized spacial score (nSPS) is 11.5. The number of aliphatic hydroxyl groups excluding tert-OH is 1. The van der Waals surface area contributed by atoms with Crippen LogP contribution in [-0.2, 0) is 19.5 Å². The Kier molecular flexibility index (Phi) is 12.3. The highest BCUT2D eigenvalue weighted by Gasteiger charge is 2.15. The van der Waals surface area contributed by atoms with Crippen molar-refractivity contribution in [2.75, 3.05) is 11.9 Å². The van der Waals surface area contributed by atoms with Crippen LogP contribution in [0.15, 0.2) is 105 Å². The number of aryl methyl sites for hydroxylation is 2. The Morgan fingerprint density at radius 2 is 1.67 bits per heavy atom. The first-order valence-electron chi connectivity index (χ1n) is 15.3. The third kappa shape index (κ3) is 8.51. The summed E-state index contributed by atoms with van der Waals surface area (Å²) in [4.78, 5) is 38.3. The number of oxazole rings is 1. The number of anilines is 1. The van der Waals surface area contributed by atoms with Crippen LogP contribution in [0.4, 0.5) is 10.5 Å². The van der Waals surface area contributed by atoms with Crippen molar-refractivity contribution in [2.24, 2.45) is 0 Å². The van der Waals surface area contributed by atoms with Crippen LogP contribution in [0.3, 0.4) is 0 Å². The van der Waals surface area contributed by atoms with E-state index in [1.54, 1.807) is 22.8 Å². The number of unbranched alkanes of at least 4 members (excludes halogenated alkanes) is 1. The van der Waals surface area contributed by atoms with Gasteiger partial charge in [0.25, 0.3) is 0 Å². The van der Waals surface area contributed by atoms with Gasteiger partial charge in [0.05, 0.1) is 22.8 Å². The molecule has 0 saturated heterocycles. The average Bonchev–Trinajstić information content (AvgIpc) is 3.37. The quantitative estimate of drug-likeness (QED) is 0.0775. The number of phenols is 1. The van der Waals surface area contributed by atoms with Crippen LogP contribution in [0, 0.1) is 0 Å². The monoisotopic (exact) mass is 706 g/mol. The highest BCUT2D eigenvalue weighted by molar-refractivity contribution is 5.91. The minimum absolute atomic E-state index is 0. The zero-order valence-corrected chi connectivity index (χ0v) is 27.9. The molecule has 11 nitrogen and oxygen atoms in total. The molecule has 1 unspecified atom stereocenters. The van der Waals surface area contributed by atoms with E-state index in [-0.39, 0.29) is 48.2 Å². The predicted octanol–water partition coefficient (Wildman–Crippen LogP) is 6.59. The number of carbonyl (C=O) groups is 1. The van der Waals surface area contributed by atoms with Gasteiger partial charge in [0.2, 0.25) is 5.56 Å². The molecule has 0 aliphatic carbocycles. The smallest absolute Gasteiger partial charge is 0.419 e.